The summed E-state index contributed by atoms with van der Waals surface area (Å²) in [6.07, 6.45) is 1.77. The molecule has 0 spiro atoms. The number of aromatic nitrogens is 3. The van der Waals surface area contributed by atoms with E-state index in [1.807, 2.05) is 13.8 Å². The van der Waals surface area contributed by atoms with E-state index in [4.69, 9.17) is 4.78 Å². The van der Waals surface area contributed by atoms with Gasteiger partial charge in [0.2, 0.25) is 0 Å². The molecular weight excluding hydrogens is 398 g/mol. The van der Waals surface area contributed by atoms with Crippen LogP contribution in [0.2, 0.25) is 0 Å². The van der Waals surface area contributed by atoms with Crippen LogP contribution >= 0.6 is 0 Å². The van der Waals surface area contributed by atoms with Crippen molar-refractivity contribution in [3.63, 3.8) is 0 Å². The Bertz CT molecular complexity index is 1130. The second kappa shape index (κ2) is 8.24. The molecule has 0 saturated heterocycles. The third-order valence-electron chi connectivity index (χ3n) is 3.91. The number of nitrogens with zero attached hydrogens (tertiary/aromatic N) is 3. The lowest BCUT2D eigenvalue weighted by atomic mass is 10.1. The van der Waals surface area contributed by atoms with Gasteiger partial charge in [0.25, 0.3) is 6.43 Å². The summed E-state index contributed by atoms with van der Waals surface area (Å²) in [7, 11) is -2.67. The second-order valence-corrected chi connectivity index (χ2v) is 9.41. The van der Waals surface area contributed by atoms with Crippen LogP contribution in [0.15, 0.2) is 36.7 Å². The highest BCUT2D eigenvalue weighted by Gasteiger charge is 2.15. The minimum atomic E-state index is -2.68. The van der Waals surface area contributed by atoms with Crippen LogP contribution in [0.25, 0.3) is 10.8 Å². The topological polar surface area (TPSA) is 104 Å². The first-order valence-corrected chi connectivity index (χ1v) is 11.0. The lowest BCUT2D eigenvalue weighted by Crippen LogP contribution is -2.12. The SMILES string of the molecule is CC(C)Nc1nc(C(F)F)cc2cnc(Nc3cc(CS(C)(=N)=O)ccn3)cc12. The number of halogens is 2. The molecule has 7 nitrogen and oxygen atoms in total. The van der Waals surface area contributed by atoms with E-state index in [0.29, 0.717) is 28.2 Å². The molecule has 0 amide bonds. The van der Waals surface area contributed by atoms with Crippen molar-refractivity contribution in [2.75, 3.05) is 16.9 Å². The number of rotatable bonds is 7. The number of fused-ring (bicyclic) bond motifs is 1. The van der Waals surface area contributed by atoms with Crippen LogP contribution < -0.4 is 10.6 Å². The zero-order valence-electron chi connectivity index (χ0n) is 16.2. The molecule has 0 aliphatic heterocycles. The summed E-state index contributed by atoms with van der Waals surface area (Å²) in [5.74, 6) is 1.43. The first-order chi connectivity index (χ1) is 13.6. The Morgan fingerprint density at radius 3 is 2.55 bits per heavy atom. The molecule has 3 rings (SSSR count). The monoisotopic (exact) mass is 420 g/mol. The fourth-order valence-electron chi connectivity index (χ4n) is 2.81. The number of alkyl halides is 2. The Balaban J connectivity index is 1.97. The summed E-state index contributed by atoms with van der Waals surface area (Å²) in [5.41, 5.74) is 0.410. The molecule has 3 aromatic rings. The average Bonchev–Trinajstić information content (AvgIpc) is 2.60. The fraction of sp³-hybridized carbons (Fsp3) is 0.316. The molecule has 1 unspecified atom stereocenters. The normalized spacial score (nSPS) is 13.6. The average molecular weight is 420 g/mol. The minimum Gasteiger partial charge on any atom is -0.367 e. The molecule has 10 heteroatoms. The lowest BCUT2D eigenvalue weighted by Gasteiger charge is -2.15. The maximum absolute atomic E-state index is 13.2. The van der Waals surface area contributed by atoms with Crippen LogP contribution in [0.5, 0.6) is 0 Å². The van der Waals surface area contributed by atoms with Crippen molar-refractivity contribution in [3.05, 3.63) is 47.9 Å². The Morgan fingerprint density at radius 2 is 1.90 bits per heavy atom. The van der Waals surface area contributed by atoms with Crippen LogP contribution in [0.4, 0.5) is 26.2 Å². The van der Waals surface area contributed by atoms with E-state index in [0.717, 1.165) is 5.56 Å². The largest absolute Gasteiger partial charge is 0.367 e. The van der Waals surface area contributed by atoms with E-state index in [2.05, 4.69) is 25.6 Å². The Morgan fingerprint density at radius 1 is 1.17 bits per heavy atom. The molecule has 3 heterocycles. The molecule has 154 valence electrons. The van der Waals surface area contributed by atoms with Crippen LogP contribution in [0.3, 0.4) is 0 Å². The predicted molar refractivity (Wildman–Crippen MR) is 111 cm³/mol. The molecule has 0 fully saturated rings. The van der Waals surface area contributed by atoms with Gasteiger partial charge in [-0.05, 0) is 43.7 Å². The summed E-state index contributed by atoms with van der Waals surface area (Å²) in [4.78, 5) is 12.6. The highest BCUT2D eigenvalue weighted by Crippen LogP contribution is 2.29. The Kier molecular flexibility index (Phi) is 5.92. The van der Waals surface area contributed by atoms with Gasteiger partial charge < -0.3 is 10.6 Å². The van der Waals surface area contributed by atoms with Crippen LogP contribution in [0, 0.1) is 4.78 Å². The van der Waals surface area contributed by atoms with Gasteiger partial charge in [-0.25, -0.2) is 27.9 Å². The van der Waals surface area contributed by atoms with Gasteiger partial charge in [-0.1, -0.05) is 0 Å². The van der Waals surface area contributed by atoms with Gasteiger partial charge in [0.15, 0.2) is 0 Å². The van der Waals surface area contributed by atoms with Crippen molar-refractivity contribution in [1.82, 2.24) is 15.0 Å². The molecule has 0 radical (unpaired) electrons. The molecule has 29 heavy (non-hydrogen) atoms. The molecular formula is C19H22F2N6OS. The van der Waals surface area contributed by atoms with Crippen LogP contribution in [-0.4, -0.2) is 31.5 Å². The third-order valence-corrected chi connectivity index (χ3v) is 4.79. The highest BCUT2D eigenvalue weighted by atomic mass is 32.2. The van der Waals surface area contributed by atoms with Gasteiger partial charge >= 0.3 is 0 Å². The molecule has 0 aromatic carbocycles. The van der Waals surface area contributed by atoms with E-state index in [1.165, 1.54) is 18.5 Å². The maximum atomic E-state index is 13.2. The number of hydrogen-bond acceptors (Lipinski definition) is 7. The molecule has 0 bridgehead atoms. The van der Waals surface area contributed by atoms with Gasteiger partial charge in [-0.15, -0.1) is 0 Å². The van der Waals surface area contributed by atoms with E-state index in [1.54, 1.807) is 24.4 Å². The van der Waals surface area contributed by atoms with Gasteiger partial charge in [0.1, 0.15) is 23.1 Å². The number of pyridine rings is 3. The van der Waals surface area contributed by atoms with Gasteiger partial charge in [0.05, 0.1) is 5.75 Å². The smallest absolute Gasteiger partial charge is 0.280 e. The molecule has 0 saturated carbocycles. The minimum absolute atomic E-state index is 0.00955. The van der Waals surface area contributed by atoms with Crippen LogP contribution in [0.1, 0.15) is 31.5 Å². The zero-order valence-corrected chi connectivity index (χ0v) is 17.1. The zero-order chi connectivity index (χ0) is 21.2. The first-order valence-electron chi connectivity index (χ1n) is 8.89. The quantitative estimate of drug-likeness (QED) is 0.512. The van der Waals surface area contributed by atoms with Crippen molar-refractivity contribution in [1.29, 1.82) is 4.78 Å². The molecule has 1 atom stereocenters. The summed E-state index contributed by atoms with van der Waals surface area (Å²) >= 11 is 0. The molecule has 3 N–H and O–H groups in total. The lowest BCUT2D eigenvalue weighted by molar-refractivity contribution is 0.146. The van der Waals surface area contributed by atoms with Crippen molar-refractivity contribution in [3.8, 4) is 0 Å². The van der Waals surface area contributed by atoms with Gasteiger partial charge in [0, 0.05) is 45.2 Å². The molecule has 0 aliphatic rings. The highest BCUT2D eigenvalue weighted by molar-refractivity contribution is 7.90. The van der Waals surface area contributed by atoms with E-state index in [-0.39, 0.29) is 17.5 Å². The van der Waals surface area contributed by atoms with Crippen molar-refractivity contribution >= 4 is 38.0 Å². The Labute approximate surface area is 168 Å². The summed E-state index contributed by atoms with van der Waals surface area (Å²) in [6.45, 7) is 3.80. The Hall–Kier alpha value is -2.88. The second-order valence-electron chi connectivity index (χ2n) is 7.11. The summed E-state index contributed by atoms with van der Waals surface area (Å²) in [5, 5.41) is 7.36. The van der Waals surface area contributed by atoms with Gasteiger partial charge in [-0.3, -0.25) is 4.78 Å². The van der Waals surface area contributed by atoms with E-state index in [9.17, 15) is 13.0 Å². The number of nitrogens with one attached hydrogen (secondary N) is 3. The van der Waals surface area contributed by atoms with E-state index < -0.39 is 16.2 Å². The summed E-state index contributed by atoms with van der Waals surface area (Å²) in [6, 6.07) is 6.46. The van der Waals surface area contributed by atoms with Crippen molar-refractivity contribution < 1.29 is 13.0 Å². The summed E-state index contributed by atoms with van der Waals surface area (Å²) < 4.78 is 45.6. The van der Waals surface area contributed by atoms with E-state index >= 15 is 0 Å². The predicted octanol–water partition coefficient (Wildman–Crippen LogP) is 4.70. The number of anilines is 3. The van der Waals surface area contributed by atoms with Crippen molar-refractivity contribution in [2.45, 2.75) is 32.1 Å². The first kappa shape index (κ1) is 20.8. The third kappa shape index (κ3) is 5.57. The maximum Gasteiger partial charge on any atom is 0.280 e. The van der Waals surface area contributed by atoms with Crippen molar-refractivity contribution in [2.24, 2.45) is 0 Å². The van der Waals surface area contributed by atoms with Gasteiger partial charge in [-0.2, -0.15) is 0 Å². The molecule has 3 aromatic heterocycles. The van der Waals surface area contributed by atoms with Crippen LogP contribution in [-0.2, 0) is 15.5 Å². The fourth-order valence-corrected chi connectivity index (χ4v) is 3.63. The molecule has 0 aliphatic carbocycles. The standard InChI is InChI=1S/C19H22F2N6OS/c1-11(2)25-19-14-8-17(24-9-13(14)7-15(26-19)18(20)21)27-16-6-12(4-5-23-16)10-29(3,22)28/h4-9,11,18,22H,10H2,1-3H3,(H,25,26)(H,23,24,27). The number of hydrogen-bond donors (Lipinski definition) is 3.